The Morgan fingerprint density at radius 1 is 1.46 bits per heavy atom. The maximum absolute atomic E-state index is 9.48. The average Bonchev–Trinajstić information content (AvgIpc) is 2.34. The largest absolute Gasteiger partial charge is 0.390 e. The van der Waals surface area contributed by atoms with Gasteiger partial charge in [0.05, 0.1) is 5.60 Å². The van der Waals surface area contributed by atoms with Crippen molar-refractivity contribution in [1.29, 1.82) is 0 Å². The number of aryl methyl sites for hydroxylation is 1. The smallest absolute Gasteiger partial charge is 0.0608 e. The van der Waals surface area contributed by atoms with Crippen LogP contribution in [-0.4, -0.2) is 17.3 Å². The molecule has 1 aromatic rings. The monoisotopic (exact) mass is 199 g/mol. The van der Waals surface area contributed by atoms with Crippen molar-refractivity contribution in [3.8, 4) is 0 Å². The van der Waals surface area contributed by atoms with Crippen LogP contribution in [0, 0.1) is 6.92 Å². The van der Waals surface area contributed by atoms with Crippen molar-refractivity contribution >= 4 is 17.0 Å². The zero-order valence-corrected chi connectivity index (χ0v) is 9.24. The fourth-order valence-electron chi connectivity index (χ4n) is 1.04. The minimum absolute atomic E-state index is 0.572. The highest BCUT2D eigenvalue weighted by Crippen LogP contribution is 2.19. The van der Waals surface area contributed by atoms with E-state index >= 15 is 0 Å². The molecule has 0 aliphatic heterocycles. The predicted molar refractivity (Wildman–Crippen MR) is 58.5 cm³/mol. The maximum atomic E-state index is 9.48. The molecule has 0 spiro atoms. The summed E-state index contributed by atoms with van der Waals surface area (Å²) in [5.74, 6) is 0. The van der Waals surface area contributed by atoms with Gasteiger partial charge in [-0.05, 0) is 38.1 Å². The van der Waals surface area contributed by atoms with E-state index in [1.807, 2.05) is 13.8 Å². The summed E-state index contributed by atoms with van der Waals surface area (Å²) >= 11 is 1.70. The lowest BCUT2D eigenvalue weighted by Crippen LogP contribution is -2.22. The highest BCUT2D eigenvalue weighted by Gasteiger charge is 2.11. The van der Waals surface area contributed by atoms with Crippen LogP contribution in [-0.2, 0) is 0 Å². The number of aliphatic hydroxyl groups is 1. The standard InChI is InChI=1S/C10H17NOS/c1-8-6-13-7-9(8)11-5-4-10(2,3)12/h6-7,11-12H,4-5H2,1-3H3. The third-order valence-electron chi connectivity index (χ3n) is 1.91. The molecule has 1 aromatic heterocycles. The Hall–Kier alpha value is -0.540. The van der Waals surface area contributed by atoms with Crippen LogP contribution in [0.25, 0.3) is 0 Å². The van der Waals surface area contributed by atoms with Crippen molar-refractivity contribution < 1.29 is 5.11 Å². The molecule has 0 aromatic carbocycles. The first-order chi connectivity index (χ1) is 5.99. The first kappa shape index (κ1) is 10.5. The molecule has 1 heterocycles. The zero-order chi connectivity index (χ0) is 9.90. The molecule has 0 saturated carbocycles. The van der Waals surface area contributed by atoms with Gasteiger partial charge in [-0.15, -0.1) is 11.3 Å². The SMILES string of the molecule is Cc1cscc1NCCC(C)(C)O. The molecular weight excluding hydrogens is 182 g/mol. The minimum atomic E-state index is -0.572. The summed E-state index contributed by atoms with van der Waals surface area (Å²) in [6.07, 6.45) is 0.766. The highest BCUT2D eigenvalue weighted by atomic mass is 32.1. The molecule has 0 fully saturated rings. The van der Waals surface area contributed by atoms with Crippen LogP contribution >= 0.6 is 11.3 Å². The van der Waals surface area contributed by atoms with Gasteiger partial charge in [-0.25, -0.2) is 0 Å². The summed E-state index contributed by atoms with van der Waals surface area (Å²) in [6.45, 7) is 6.56. The van der Waals surface area contributed by atoms with Crippen LogP contribution in [0.4, 0.5) is 5.69 Å². The van der Waals surface area contributed by atoms with E-state index in [0.29, 0.717) is 0 Å². The molecule has 0 radical (unpaired) electrons. The second-order valence-corrected chi connectivity index (χ2v) is 4.70. The summed E-state index contributed by atoms with van der Waals surface area (Å²) in [5.41, 5.74) is 1.90. The quantitative estimate of drug-likeness (QED) is 0.781. The Morgan fingerprint density at radius 3 is 2.62 bits per heavy atom. The fraction of sp³-hybridized carbons (Fsp3) is 0.600. The van der Waals surface area contributed by atoms with Crippen molar-refractivity contribution in [3.05, 3.63) is 16.3 Å². The zero-order valence-electron chi connectivity index (χ0n) is 8.42. The van der Waals surface area contributed by atoms with E-state index in [9.17, 15) is 5.11 Å². The number of anilines is 1. The number of nitrogens with one attached hydrogen (secondary N) is 1. The van der Waals surface area contributed by atoms with Gasteiger partial charge in [-0.2, -0.15) is 0 Å². The van der Waals surface area contributed by atoms with Crippen LogP contribution < -0.4 is 5.32 Å². The Kier molecular flexibility index (Phi) is 3.33. The van der Waals surface area contributed by atoms with Gasteiger partial charge in [0.1, 0.15) is 0 Å². The molecule has 2 nitrogen and oxygen atoms in total. The molecule has 3 heteroatoms. The number of hydrogen-bond donors (Lipinski definition) is 2. The van der Waals surface area contributed by atoms with E-state index in [-0.39, 0.29) is 0 Å². The molecule has 74 valence electrons. The topological polar surface area (TPSA) is 32.3 Å². The van der Waals surface area contributed by atoms with Gasteiger partial charge in [-0.1, -0.05) is 0 Å². The molecular formula is C10H17NOS. The van der Waals surface area contributed by atoms with Crippen molar-refractivity contribution in [2.24, 2.45) is 0 Å². The molecule has 1 rings (SSSR count). The van der Waals surface area contributed by atoms with Gasteiger partial charge in [-0.3, -0.25) is 0 Å². The summed E-state index contributed by atoms with van der Waals surface area (Å²) in [6, 6.07) is 0. The first-order valence-electron chi connectivity index (χ1n) is 4.48. The van der Waals surface area contributed by atoms with Crippen molar-refractivity contribution in [1.82, 2.24) is 0 Å². The molecule has 13 heavy (non-hydrogen) atoms. The number of rotatable bonds is 4. The van der Waals surface area contributed by atoms with E-state index in [1.54, 1.807) is 11.3 Å². The van der Waals surface area contributed by atoms with Gasteiger partial charge in [0, 0.05) is 17.6 Å². The van der Waals surface area contributed by atoms with E-state index < -0.39 is 5.60 Å². The molecule has 0 atom stereocenters. The minimum Gasteiger partial charge on any atom is -0.390 e. The van der Waals surface area contributed by atoms with E-state index in [2.05, 4.69) is 23.0 Å². The Morgan fingerprint density at radius 2 is 2.15 bits per heavy atom. The number of thiophene rings is 1. The first-order valence-corrected chi connectivity index (χ1v) is 5.42. The van der Waals surface area contributed by atoms with Gasteiger partial charge in [0.15, 0.2) is 0 Å². The molecule has 0 bridgehead atoms. The van der Waals surface area contributed by atoms with Crippen molar-refractivity contribution in [2.75, 3.05) is 11.9 Å². The normalized spacial score (nSPS) is 11.7. The Labute approximate surface area is 83.6 Å². The molecule has 0 unspecified atom stereocenters. The van der Waals surface area contributed by atoms with E-state index in [1.165, 1.54) is 11.3 Å². The summed E-state index contributed by atoms with van der Waals surface area (Å²) in [4.78, 5) is 0. The average molecular weight is 199 g/mol. The van der Waals surface area contributed by atoms with E-state index in [0.717, 1.165) is 13.0 Å². The molecule has 0 amide bonds. The number of hydrogen-bond acceptors (Lipinski definition) is 3. The lowest BCUT2D eigenvalue weighted by atomic mass is 10.1. The van der Waals surface area contributed by atoms with Gasteiger partial charge < -0.3 is 10.4 Å². The Bertz CT molecular complexity index is 262. The van der Waals surface area contributed by atoms with Crippen LogP contribution in [0.1, 0.15) is 25.8 Å². The van der Waals surface area contributed by atoms with Crippen LogP contribution in [0.15, 0.2) is 10.8 Å². The third kappa shape index (κ3) is 3.79. The predicted octanol–water partition coefficient (Wildman–Crippen LogP) is 2.63. The molecule has 0 aliphatic rings. The second kappa shape index (κ2) is 4.11. The molecule has 0 saturated heterocycles. The van der Waals surface area contributed by atoms with Crippen LogP contribution in [0.3, 0.4) is 0 Å². The second-order valence-electron chi connectivity index (χ2n) is 3.96. The fourth-order valence-corrected chi connectivity index (χ4v) is 1.85. The summed E-state index contributed by atoms with van der Waals surface area (Å²) < 4.78 is 0. The highest BCUT2D eigenvalue weighted by molar-refractivity contribution is 7.08. The van der Waals surface area contributed by atoms with E-state index in [4.69, 9.17) is 0 Å². The van der Waals surface area contributed by atoms with Crippen LogP contribution in [0.2, 0.25) is 0 Å². The van der Waals surface area contributed by atoms with Gasteiger partial charge in [0.25, 0.3) is 0 Å². The lowest BCUT2D eigenvalue weighted by Gasteiger charge is -2.17. The van der Waals surface area contributed by atoms with Crippen molar-refractivity contribution in [3.63, 3.8) is 0 Å². The van der Waals surface area contributed by atoms with Gasteiger partial charge in [0.2, 0.25) is 0 Å². The summed E-state index contributed by atoms with van der Waals surface area (Å²) in [7, 11) is 0. The third-order valence-corrected chi connectivity index (χ3v) is 2.77. The van der Waals surface area contributed by atoms with Gasteiger partial charge >= 0.3 is 0 Å². The molecule has 0 aliphatic carbocycles. The summed E-state index contributed by atoms with van der Waals surface area (Å²) in [5, 5.41) is 17.0. The Balaban J connectivity index is 2.32. The lowest BCUT2D eigenvalue weighted by molar-refractivity contribution is 0.0749. The molecule has 2 N–H and O–H groups in total. The maximum Gasteiger partial charge on any atom is 0.0608 e. The van der Waals surface area contributed by atoms with Crippen molar-refractivity contribution in [2.45, 2.75) is 32.8 Å². The van der Waals surface area contributed by atoms with Crippen LogP contribution in [0.5, 0.6) is 0 Å².